The maximum Gasteiger partial charge on any atom is 0.250 e. The first kappa shape index (κ1) is 25.9. The number of anilines is 1. The van der Waals surface area contributed by atoms with Crippen molar-refractivity contribution in [3.8, 4) is 5.75 Å². The highest BCUT2D eigenvalue weighted by Gasteiger charge is 2.34. The number of hydrogen-bond acceptors (Lipinski definition) is 6. The molecule has 5 heterocycles. The quantitative estimate of drug-likeness (QED) is 0.548. The summed E-state index contributed by atoms with van der Waals surface area (Å²) in [5.41, 5.74) is 6.39. The Balaban J connectivity index is 1.16. The third-order valence-corrected chi connectivity index (χ3v) is 9.02. The van der Waals surface area contributed by atoms with E-state index in [2.05, 4.69) is 52.8 Å². The Kier molecular flexibility index (Phi) is 6.85. The van der Waals surface area contributed by atoms with Gasteiger partial charge in [0.15, 0.2) is 5.75 Å². The van der Waals surface area contributed by atoms with Gasteiger partial charge < -0.3 is 19.1 Å². The van der Waals surface area contributed by atoms with E-state index in [9.17, 15) is 14.7 Å². The van der Waals surface area contributed by atoms with E-state index >= 15 is 0 Å². The van der Waals surface area contributed by atoms with Gasteiger partial charge in [-0.05, 0) is 43.9 Å². The SMILES string of the molecule is Cc1ccc(N2CCN(Cc3c(O)c(=O)cc(CN4C[C@@H]5C[C@@H](C4)c4cccc(=O)n4C5)n3C)CC2)c(C)c1. The van der Waals surface area contributed by atoms with Gasteiger partial charge in [0.1, 0.15) is 0 Å². The summed E-state index contributed by atoms with van der Waals surface area (Å²) >= 11 is 0. The number of hydrogen-bond donors (Lipinski definition) is 1. The van der Waals surface area contributed by atoms with Crippen molar-refractivity contribution in [2.24, 2.45) is 13.0 Å². The minimum atomic E-state index is -0.305. The molecule has 8 nitrogen and oxygen atoms in total. The molecule has 0 saturated carbocycles. The number of fused-ring (bicyclic) bond motifs is 4. The first-order chi connectivity index (χ1) is 18.8. The standard InChI is InChI=1S/C31H39N5O3/c1-21-7-8-26(22(2)13-21)35-11-9-33(10-12-35)20-28-31(39)29(37)15-25(32(28)3)19-34-16-23-14-24(18-34)27-5-4-6-30(38)36(27)17-23/h4-8,13,15,23-24,39H,9-12,14,16-20H2,1-3H3/t23-,24-/m0/s1. The van der Waals surface area contributed by atoms with E-state index < -0.39 is 0 Å². The molecule has 0 spiro atoms. The number of piperazine rings is 1. The molecule has 3 aliphatic heterocycles. The Bertz CT molecular complexity index is 1500. The van der Waals surface area contributed by atoms with Crippen LogP contribution in [0, 0.1) is 19.8 Å². The van der Waals surface area contributed by atoms with E-state index in [1.165, 1.54) is 16.8 Å². The van der Waals surface area contributed by atoms with Gasteiger partial charge in [0.05, 0.1) is 5.69 Å². The van der Waals surface area contributed by atoms with Crippen LogP contribution in [0.5, 0.6) is 5.75 Å². The van der Waals surface area contributed by atoms with Crippen molar-refractivity contribution in [1.29, 1.82) is 0 Å². The van der Waals surface area contributed by atoms with Crippen molar-refractivity contribution >= 4 is 5.69 Å². The molecule has 2 saturated heterocycles. The summed E-state index contributed by atoms with van der Waals surface area (Å²) in [4.78, 5) is 32.4. The third kappa shape index (κ3) is 5.03. The van der Waals surface area contributed by atoms with E-state index in [-0.39, 0.29) is 16.7 Å². The van der Waals surface area contributed by atoms with E-state index in [1.807, 2.05) is 22.2 Å². The molecule has 3 aromatic rings. The lowest BCUT2D eigenvalue weighted by molar-refractivity contribution is 0.112. The molecule has 0 radical (unpaired) electrons. The predicted octanol–water partition coefficient (Wildman–Crippen LogP) is 2.81. The third-order valence-electron chi connectivity index (χ3n) is 9.02. The predicted molar refractivity (Wildman–Crippen MR) is 154 cm³/mol. The molecular formula is C31H39N5O3. The van der Waals surface area contributed by atoms with Gasteiger partial charge in [0, 0.05) is 101 Å². The Labute approximate surface area is 229 Å². The maximum atomic E-state index is 12.8. The molecule has 0 aliphatic carbocycles. The van der Waals surface area contributed by atoms with Gasteiger partial charge in [-0.2, -0.15) is 0 Å². The van der Waals surface area contributed by atoms with E-state index in [0.717, 1.165) is 63.6 Å². The molecule has 3 aliphatic rings. The van der Waals surface area contributed by atoms with Gasteiger partial charge in [-0.1, -0.05) is 23.8 Å². The monoisotopic (exact) mass is 529 g/mol. The number of rotatable bonds is 5. The number of aryl methyl sites for hydroxylation is 2. The topological polar surface area (TPSA) is 74.0 Å². The van der Waals surface area contributed by atoms with Crippen molar-refractivity contribution in [3.63, 3.8) is 0 Å². The average molecular weight is 530 g/mol. The first-order valence-electron chi connectivity index (χ1n) is 14.1. The largest absolute Gasteiger partial charge is 0.503 e. The fraction of sp³-hybridized carbons (Fsp3) is 0.484. The second-order valence-electron chi connectivity index (χ2n) is 11.8. The molecule has 8 heteroatoms. The highest BCUT2D eigenvalue weighted by atomic mass is 16.3. The molecule has 6 rings (SSSR count). The highest BCUT2D eigenvalue weighted by Crippen LogP contribution is 2.35. The number of nitrogens with zero attached hydrogens (tertiary/aromatic N) is 5. The average Bonchev–Trinajstić information content (AvgIpc) is 2.91. The van der Waals surface area contributed by atoms with Gasteiger partial charge in [0.25, 0.3) is 5.56 Å². The number of pyridine rings is 2. The van der Waals surface area contributed by atoms with Crippen molar-refractivity contribution in [3.05, 3.63) is 91.3 Å². The minimum absolute atomic E-state index is 0.0936. The number of aromatic hydroxyl groups is 1. The number of piperidine rings is 1. The van der Waals surface area contributed by atoms with Crippen LogP contribution >= 0.6 is 0 Å². The normalized spacial score (nSPS) is 21.7. The lowest BCUT2D eigenvalue weighted by Gasteiger charge is -2.43. The highest BCUT2D eigenvalue weighted by molar-refractivity contribution is 5.54. The second kappa shape index (κ2) is 10.3. The van der Waals surface area contributed by atoms with Gasteiger partial charge in [-0.25, -0.2) is 0 Å². The molecule has 39 heavy (non-hydrogen) atoms. The summed E-state index contributed by atoms with van der Waals surface area (Å²) < 4.78 is 3.97. The van der Waals surface area contributed by atoms with Crippen LogP contribution in [0.3, 0.4) is 0 Å². The van der Waals surface area contributed by atoms with Gasteiger partial charge >= 0.3 is 0 Å². The van der Waals surface area contributed by atoms with Crippen LogP contribution in [-0.4, -0.2) is 63.3 Å². The van der Waals surface area contributed by atoms with E-state index in [0.29, 0.717) is 30.6 Å². The number of likely N-dealkylation sites (tertiary alicyclic amines) is 1. The van der Waals surface area contributed by atoms with Crippen molar-refractivity contribution in [1.82, 2.24) is 18.9 Å². The Hall–Kier alpha value is -3.36. The van der Waals surface area contributed by atoms with Gasteiger partial charge in [0.2, 0.25) is 5.43 Å². The number of aromatic nitrogens is 2. The van der Waals surface area contributed by atoms with Crippen LogP contribution in [0.4, 0.5) is 5.69 Å². The van der Waals surface area contributed by atoms with E-state index in [1.54, 1.807) is 12.1 Å². The lowest BCUT2D eigenvalue weighted by atomic mass is 9.83. The molecule has 2 atom stereocenters. The molecule has 1 N–H and O–H groups in total. The van der Waals surface area contributed by atoms with Crippen LogP contribution in [0.25, 0.3) is 0 Å². The molecule has 2 bridgehead atoms. The summed E-state index contributed by atoms with van der Waals surface area (Å²) in [6.45, 7) is 11.6. The van der Waals surface area contributed by atoms with Crippen LogP contribution in [0.1, 0.15) is 40.5 Å². The molecular weight excluding hydrogens is 490 g/mol. The fourth-order valence-electron chi connectivity index (χ4n) is 7.00. The maximum absolute atomic E-state index is 12.8. The summed E-state index contributed by atoms with van der Waals surface area (Å²) in [5.74, 6) is 0.619. The fourth-order valence-corrected chi connectivity index (χ4v) is 7.00. The zero-order valence-electron chi connectivity index (χ0n) is 23.3. The molecule has 2 aromatic heterocycles. The van der Waals surface area contributed by atoms with Crippen molar-refractivity contribution in [2.45, 2.75) is 45.8 Å². The molecule has 0 amide bonds. The van der Waals surface area contributed by atoms with Crippen molar-refractivity contribution in [2.75, 3.05) is 44.2 Å². The Morgan fingerprint density at radius 1 is 0.897 bits per heavy atom. The molecule has 0 unspecified atom stereocenters. The summed E-state index contributed by atoms with van der Waals surface area (Å²) in [6, 6.07) is 13.8. The first-order valence-corrected chi connectivity index (χ1v) is 14.1. The summed E-state index contributed by atoms with van der Waals surface area (Å²) in [7, 11) is 1.97. The lowest BCUT2D eigenvalue weighted by Crippen LogP contribution is -2.47. The molecule has 1 aromatic carbocycles. The van der Waals surface area contributed by atoms with Crippen molar-refractivity contribution < 1.29 is 5.11 Å². The smallest absolute Gasteiger partial charge is 0.250 e. The molecule has 2 fully saturated rings. The van der Waals surface area contributed by atoms with Crippen LogP contribution in [0.15, 0.2) is 52.1 Å². The zero-order chi connectivity index (χ0) is 27.3. The van der Waals surface area contributed by atoms with E-state index in [4.69, 9.17) is 0 Å². The summed E-state index contributed by atoms with van der Waals surface area (Å²) in [5, 5.41) is 10.8. The van der Waals surface area contributed by atoms with Crippen LogP contribution < -0.4 is 15.9 Å². The van der Waals surface area contributed by atoms with Gasteiger partial charge in [-0.15, -0.1) is 0 Å². The molecule has 206 valence electrons. The number of benzene rings is 1. The Morgan fingerprint density at radius 3 is 2.46 bits per heavy atom. The minimum Gasteiger partial charge on any atom is -0.503 e. The summed E-state index contributed by atoms with van der Waals surface area (Å²) in [6.07, 6.45) is 1.10. The van der Waals surface area contributed by atoms with Crippen LogP contribution in [-0.2, 0) is 26.7 Å². The second-order valence-corrected chi connectivity index (χ2v) is 11.8. The zero-order valence-corrected chi connectivity index (χ0v) is 23.3. The Morgan fingerprint density at radius 2 is 1.69 bits per heavy atom. The van der Waals surface area contributed by atoms with Gasteiger partial charge in [-0.3, -0.25) is 19.4 Å². The van der Waals surface area contributed by atoms with Crippen LogP contribution in [0.2, 0.25) is 0 Å².